The van der Waals surface area contributed by atoms with E-state index in [0.29, 0.717) is 24.7 Å². The molecule has 0 saturated heterocycles. The van der Waals surface area contributed by atoms with Crippen LogP contribution in [0.4, 0.5) is 0 Å². The first-order valence-electron chi connectivity index (χ1n) is 6.79. The van der Waals surface area contributed by atoms with Gasteiger partial charge >= 0.3 is 0 Å². The summed E-state index contributed by atoms with van der Waals surface area (Å²) < 4.78 is 10.6. The summed E-state index contributed by atoms with van der Waals surface area (Å²) in [6.45, 7) is 0.987. The Balaban J connectivity index is 1.99. The molecule has 21 heavy (non-hydrogen) atoms. The van der Waals surface area contributed by atoms with Crippen molar-refractivity contribution in [3.63, 3.8) is 0 Å². The first kappa shape index (κ1) is 16.0. The van der Waals surface area contributed by atoms with E-state index >= 15 is 0 Å². The lowest BCUT2D eigenvalue weighted by atomic mass is 10.0. The van der Waals surface area contributed by atoms with Gasteiger partial charge in [-0.3, -0.25) is 0 Å². The Morgan fingerprint density at radius 3 is 2.52 bits per heavy atom. The van der Waals surface area contributed by atoms with Crippen molar-refractivity contribution >= 4 is 11.6 Å². The van der Waals surface area contributed by atoms with Crippen molar-refractivity contribution < 1.29 is 14.6 Å². The van der Waals surface area contributed by atoms with Gasteiger partial charge in [0.25, 0.3) is 0 Å². The van der Waals surface area contributed by atoms with Gasteiger partial charge in [-0.1, -0.05) is 48.0 Å². The van der Waals surface area contributed by atoms with E-state index in [9.17, 15) is 5.11 Å². The zero-order chi connectivity index (χ0) is 15.1. The van der Waals surface area contributed by atoms with Crippen molar-refractivity contribution in [1.29, 1.82) is 0 Å². The molecule has 2 aromatic carbocycles. The zero-order valence-corrected chi connectivity index (χ0v) is 12.7. The molecule has 1 unspecified atom stereocenters. The second kappa shape index (κ2) is 8.15. The fraction of sp³-hybridized carbons (Fsp3) is 0.294. The summed E-state index contributed by atoms with van der Waals surface area (Å²) in [5.74, 6) is 0. The fourth-order valence-corrected chi connectivity index (χ4v) is 2.25. The average molecular weight is 307 g/mol. The van der Waals surface area contributed by atoms with Crippen LogP contribution in [0.5, 0.6) is 0 Å². The molecule has 0 aliphatic carbocycles. The molecule has 112 valence electrons. The normalized spacial score (nSPS) is 12.3. The zero-order valence-electron chi connectivity index (χ0n) is 12.0. The van der Waals surface area contributed by atoms with Gasteiger partial charge in [0, 0.05) is 18.6 Å². The maximum absolute atomic E-state index is 9.61. The molecule has 0 aliphatic heterocycles. The van der Waals surface area contributed by atoms with Crippen LogP contribution >= 0.6 is 11.6 Å². The first-order chi connectivity index (χ1) is 10.2. The lowest BCUT2D eigenvalue weighted by Crippen LogP contribution is -2.14. The molecule has 0 spiro atoms. The number of methoxy groups -OCH3 is 1. The van der Waals surface area contributed by atoms with Crippen molar-refractivity contribution in [2.45, 2.75) is 25.9 Å². The van der Waals surface area contributed by atoms with E-state index < -0.39 is 6.29 Å². The molecule has 0 amide bonds. The average Bonchev–Trinajstić information content (AvgIpc) is 2.50. The molecule has 2 rings (SSSR count). The Morgan fingerprint density at radius 2 is 1.81 bits per heavy atom. The highest BCUT2D eigenvalue weighted by Crippen LogP contribution is 2.19. The molecular weight excluding hydrogens is 288 g/mol. The van der Waals surface area contributed by atoms with Crippen LogP contribution in [0.1, 0.15) is 16.7 Å². The summed E-state index contributed by atoms with van der Waals surface area (Å²) in [5, 5.41) is 10.3. The third-order valence-corrected chi connectivity index (χ3v) is 3.44. The minimum atomic E-state index is -0.820. The molecule has 0 heterocycles. The quantitative estimate of drug-likeness (QED) is 0.795. The Bertz CT molecular complexity index is 557. The number of ether oxygens (including phenoxy) is 2. The van der Waals surface area contributed by atoms with Gasteiger partial charge in [0.1, 0.15) is 0 Å². The van der Waals surface area contributed by atoms with E-state index in [-0.39, 0.29) is 0 Å². The third-order valence-electron chi connectivity index (χ3n) is 3.20. The minimum absolute atomic E-state index is 0.414. The Morgan fingerprint density at radius 1 is 1.05 bits per heavy atom. The molecule has 0 fully saturated rings. The molecule has 0 radical (unpaired) electrons. The van der Waals surface area contributed by atoms with Gasteiger partial charge < -0.3 is 14.6 Å². The number of aliphatic hydroxyl groups is 1. The SMILES string of the molecule is COC(O)Cc1ccc(Cl)cc1COCc1ccccc1. The topological polar surface area (TPSA) is 38.7 Å². The van der Waals surface area contributed by atoms with Gasteiger partial charge in [-0.05, 0) is 28.8 Å². The summed E-state index contributed by atoms with van der Waals surface area (Å²) in [5.41, 5.74) is 3.06. The number of aliphatic hydroxyl groups excluding tert-OH is 1. The van der Waals surface area contributed by atoms with Crippen LogP contribution in [0, 0.1) is 0 Å². The molecule has 4 heteroatoms. The van der Waals surface area contributed by atoms with Crippen molar-refractivity contribution in [3.8, 4) is 0 Å². The Kier molecular flexibility index (Phi) is 6.21. The van der Waals surface area contributed by atoms with Crippen LogP contribution in [0.15, 0.2) is 48.5 Å². The third kappa shape index (κ3) is 5.14. The van der Waals surface area contributed by atoms with Crippen LogP contribution in [0.3, 0.4) is 0 Å². The van der Waals surface area contributed by atoms with E-state index in [1.165, 1.54) is 7.11 Å². The summed E-state index contributed by atoms with van der Waals surface area (Å²) in [4.78, 5) is 0. The van der Waals surface area contributed by atoms with Gasteiger partial charge in [-0.15, -0.1) is 0 Å². The van der Waals surface area contributed by atoms with Crippen molar-refractivity contribution in [2.75, 3.05) is 7.11 Å². The van der Waals surface area contributed by atoms with Crippen LogP contribution in [-0.2, 0) is 29.1 Å². The molecule has 0 saturated carbocycles. The van der Waals surface area contributed by atoms with Gasteiger partial charge in [-0.2, -0.15) is 0 Å². The number of rotatable bonds is 7. The summed E-state index contributed by atoms with van der Waals surface area (Å²) >= 11 is 6.03. The highest BCUT2D eigenvalue weighted by atomic mass is 35.5. The van der Waals surface area contributed by atoms with Crippen molar-refractivity contribution in [1.82, 2.24) is 0 Å². The highest BCUT2D eigenvalue weighted by molar-refractivity contribution is 6.30. The fourth-order valence-electron chi connectivity index (χ4n) is 2.05. The Hall–Kier alpha value is -1.39. The van der Waals surface area contributed by atoms with Crippen molar-refractivity contribution in [2.24, 2.45) is 0 Å². The number of hydrogen-bond donors (Lipinski definition) is 1. The van der Waals surface area contributed by atoms with Crippen LogP contribution in [0.25, 0.3) is 0 Å². The van der Waals surface area contributed by atoms with E-state index in [4.69, 9.17) is 21.1 Å². The van der Waals surface area contributed by atoms with E-state index in [2.05, 4.69) is 0 Å². The monoisotopic (exact) mass is 306 g/mol. The van der Waals surface area contributed by atoms with Crippen LogP contribution < -0.4 is 0 Å². The molecule has 3 nitrogen and oxygen atoms in total. The molecule has 0 bridgehead atoms. The smallest absolute Gasteiger partial charge is 0.158 e. The van der Waals surface area contributed by atoms with Gasteiger partial charge in [0.2, 0.25) is 0 Å². The van der Waals surface area contributed by atoms with Gasteiger partial charge in [0.15, 0.2) is 6.29 Å². The molecule has 0 aromatic heterocycles. The number of benzene rings is 2. The van der Waals surface area contributed by atoms with Gasteiger partial charge in [-0.25, -0.2) is 0 Å². The highest BCUT2D eigenvalue weighted by Gasteiger charge is 2.09. The lowest BCUT2D eigenvalue weighted by molar-refractivity contribution is -0.0723. The maximum Gasteiger partial charge on any atom is 0.158 e. The maximum atomic E-state index is 9.61. The summed E-state index contributed by atoms with van der Waals surface area (Å²) in [6, 6.07) is 15.6. The van der Waals surface area contributed by atoms with Crippen LogP contribution in [-0.4, -0.2) is 18.5 Å². The standard InChI is InChI=1S/C17H19ClO3/c1-20-17(19)10-14-7-8-16(18)9-15(14)12-21-11-13-5-3-2-4-6-13/h2-9,17,19H,10-12H2,1H3. The van der Waals surface area contributed by atoms with E-state index in [0.717, 1.165) is 16.7 Å². The molecule has 1 atom stereocenters. The predicted molar refractivity (Wildman–Crippen MR) is 83.1 cm³/mol. The molecule has 2 aromatic rings. The lowest BCUT2D eigenvalue weighted by Gasteiger charge is -2.14. The minimum Gasteiger partial charge on any atom is -0.372 e. The van der Waals surface area contributed by atoms with Crippen molar-refractivity contribution in [3.05, 3.63) is 70.2 Å². The summed E-state index contributed by atoms with van der Waals surface area (Å²) in [7, 11) is 1.48. The molecular formula is C17H19ClO3. The summed E-state index contributed by atoms with van der Waals surface area (Å²) in [6.07, 6.45) is -0.406. The van der Waals surface area contributed by atoms with Crippen LogP contribution in [0.2, 0.25) is 5.02 Å². The number of hydrogen-bond acceptors (Lipinski definition) is 3. The van der Waals surface area contributed by atoms with E-state index in [1.54, 1.807) is 6.07 Å². The van der Waals surface area contributed by atoms with E-state index in [1.807, 2.05) is 42.5 Å². The second-order valence-electron chi connectivity index (χ2n) is 4.79. The molecule has 0 aliphatic rings. The Labute approximate surface area is 130 Å². The largest absolute Gasteiger partial charge is 0.372 e. The second-order valence-corrected chi connectivity index (χ2v) is 5.22. The molecule has 1 N–H and O–H groups in total. The predicted octanol–water partition coefficient (Wildman–Crippen LogP) is 3.56. The first-order valence-corrected chi connectivity index (χ1v) is 7.16. The number of halogens is 1. The van der Waals surface area contributed by atoms with Gasteiger partial charge in [0.05, 0.1) is 13.2 Å².